The van der Waals surface area contributed by atoms with Gasteiger partial charge < -0.3 is 25.4 Å². The molecule has 0 aromatic carbocycles. The molecule has 2 aliphatic heterocycles. The second-order valence-electron chi connectivity index (χ2n) is 8.22. The van der Waals surface area contributed by atoms with Crippen molar-refractivity contribution in [3.8, 4) is 11.3 Å². The lowest BCUT2D eigenvalue weighted by Gasteiger charge is -2.29. The van der Waals surface area contributed by atoms with Crippen LogP contribution in [0.1, 0.15) is 12.5 Å². The molecule has 4 aromatic heterocycles. The van der Waals surface area contributed by atoms with E-state index in [1.807, 2.05) is 48.5 Å². The first-order valence-electron chi connectivity index (χ1n) is 11.5. The summed E-state index contributed by atoms with van der Waals surface area (Å²) in [5.74, 6) is 0.749. The Morgan fingerprint density at radius 2 is 1.91 bits per heavy atom. The normalized spacial score (nSPS) is 18.6. The zero-order chi connectivity index (χ0) is 22.4. The van der Waals surface area contributed by atoms with Crippen molar-refractivity contribution >= 4 is 28.2 Å². The van der Waals surface area contributed by atoms with Crippen LogP contribution >= 0.6 is 0 Å². The largest absolute Gasteiger partial charge is 0.368 e. The number of pyridine rings is 3. The average Bonchev–Trinajstić information content (AvgIpc) is 3.44. The van der Waals surface area contributed by atoms with Crippen molar-refractivity contribution in [3.63, 3.8) is 0 Å². The molecule has 32 heavy (non-hydrogen) atoms. The smallest absolute Gasteiger partial charge is 0.140 e. The molecule has 6 heterocycles. The lowest BCUT2D eigenvalue weighted by atomic mass is 10.0. The van der Waals surface area contributed by atoms with E-state index >= 15 is 0 Å². The monoisotopic (exact) mass is 427 g/mol. The van der Waals surface area contributed by atoms with Gasteiger partial charge in [0.2, 0.25) is 0 Å². The molecule has 4 aromatic rings. The Morgan fingerprint density at radius 3 is 2.75 bits per heavy atom. The molecule has 1 unspecified atom stereocenters. The maximum absolute atomic E-state index is 8.59. The number of rotatable bonds is 4. The third kappa shape index (κ3) is 3.28. The van der Waals surface area contributed by atoms with Crippen molar-refractivity contribution < 1.29 is 1.37 Å². The van der Waals surface area contributed by atoms with E-state index in [0.717, 1.165) is 76.8 Å². The Hall–Kier alpha value is -3.49. The van der Waals surface area contributed by atoms with Crippen LogP contribution in [-0.2, 0) is 20.1 Å². The van der Waals surface area contributed by atoms with Crippen molar-refractivity contribution in [3.05, 3.63) is 60.2 Å². The molecule has 2 aliphatic rings. The molecule has 8 nitrogen and oxygen atoms in total. The lowest BCUT2D eigenvalue weighted by Crippen LogP contribution is -2.43. The van der Waals surface area contributed by atoms with E-state index in [0.29, 0.717) is 6.54 Å². The van der Waals surface area contributed by atoms with E-state index in [1.54, 1.807) is 0 Å². The second kappa shape index (κ2) is 7.89. The van der Waals surface area contributed by atoms with E-state index in [2.05, 4.69) is 43.0 Å². The zero-order valence-corrected chi connectivity index (χ0v) is 18.0. The van der Waals surface area contributed by atoms with Crippen LogP contribution in [0, 0.1) is 0 Å². The number of piperazine rings is 1. The molecule has 1 saturated heterocycles. The highest BCUT2D eigenvalue weighted by molar-refractivity contribution is 5.93. The minimum Gasteiger partial charge on any atom is -0.368 e. The first-order chi connectivity index (χ1) is 16.2. The predicted molar refractivity (Wildman–Crippen MR) is 127 cm³/mol. The van der Waals surface area contributed by atoms with Crippen LogP contribution in [-0.4, -0.2) is 45.7 Å². The van der Waals surface area contributed by atoms with Gasteiger partial charge in [-0.2, -0.15) is 0 Å². The van der Waals surface area contributed by atoms with Gasteiger partial charge in [-0.05, 0) is 35.4 Å². The number of fused-ring (bicyclic) bond motifs is 2. The van der Waals surface area contributed by atoms with Gasteiger partial charge in [-0.15, -0.1) is 0 Å². The van der Waals surface area contributed by atoms with Crippen molar-refractivity contribution in [2.45, 2.75) is 13.1 Å². The van der Waals surface area contributed by atoms with Gasteiger partial charge in [0, 0.05) is 71.0 Å². The van der Waals surface area contributed by atoms with Crippen LogP contribution in [0.15, 0.2) is 49.1 Å². The summed E-state index contributed by atoms with van der Waals surface area (Å²) in [6, 6.07) is 8.17. The van der Waals surface area contributed by atoms with Crippen LogP contribution in [0.5, 0.6) is 0 Å². The van der Waals surface area contributed by atoms with Crippen LogP contribution < -0.4 is 20.9 Å². The molecule has 1 fully saturated rings. The minimum atomic E-state index is -0.516. The van der Waals surface area contributed by atoms with E-state index < -0.39 is 6.52 Å². The van der Waals surface area contributed by atoms with E-state index in [1.165, 1.54) is 0 Å². The first-order valence-corrected chi connectivity index (χ1v) is 11.0. The van der Waals surface area contributed by atoms with Crippen molar-refractivity contribution in [2.75, 3.05) is 36.4 Å². The molecular formula is C24H26N8. The number of anilines is 3. The van der Waals surface area contributed by atoms with Crippen LogP contribution in [0.3, 0.4) is 0 Å². The first kappa shape index (κ1) is 18.1. The van der Waals surface area contributed by atoms with Gasteiger partial charge >= 0.3 is 0 Å². The Bertz CT molecular complexity index is 1310. The van der Waals surface area contributed by atoms with Gasteiger partial charge in [-0.3, -0.25) is 4.98 Å². The molecular weight excluding hydrogens is 400 g/mol. The number of nitrogens with zero attached hydrogens (tertiary/aromatic N) is 5. The topological polar surface area (TPSA) is 82.9 Å². The summed E-state index contributed by atoms with van der Waals surface area (Å²) in [6.07, 6.45) is 7.57. The molecule has 0 aliphatic carbocycles. The fraction of sp³-hybridized carbons (Fsp3) is 0.292. The number of nitrogens with one attached hydrogen (secondary N) is 3. The molecule has 3 N–H and O–H groups in total. The number of aromatic nitrogens is 4. The minimum absolute atomic E-state index is 0.516. The summed E-state index contributed by atoms with van der Waals surface area (Å²) in [5, 5.41) is 11.1. The SMILES string of the molecule is [2H]C1NCc2c(-c3ccnc4c3ccn4C)ncc(Nc3ccc(N4CCNCC4)cn3)c21. The summed E-state index contributed by atoms with van der Waals surface area (Å²) in [7, 11) is 1.99. The van der Waals surface area contributed by atoms with Crippen LogP contribution in [0.2, 0.25) is 0 Å². The highest BCUT2D eigenvalue weighted by Gasteiger charge is 2.22. The average molecular weight is 428 g/mol. The van der Waals surface area contributed by atoms with Crippen molar-refractivity contribution in [2.24, 2.45) is 7.05 Å². The molecule has 0 spiro atoms. The third-order valence-corrected chi connectivity index (χ3v) is 6.26. The summed E-state index contributed by atoms with van der Waals surface area (Å²) < 4.78 is 10.6. The van der Waals surface area contributed by atoms with Gasteiger partial charge in [-0.25, -0.2) is 9.97 Å². The standard InChI is InChI=1S/C24H26N8/c1-31-9-5-18-17(4-6-27-24(18)31)23-20-14-26-13-19(20)21(15-29-23)30-22-3-2-16(12-28-22)32-10-7-25-8-11-32/h2-6,9,12,15,25-26H,7-8,10-11,13-14H2,1H3,(H,28,30)/i13D. The number of hydrogen-bond donors (Lipinski definition) is 3. The molecule has 6 rings (SSSR count). The van der Waals surface area contributed by atoms with Crippen LogP contribution in [0.4, 0.5) is 17.2 Å². The van der Waals surface area contributed by atoms with Crippen molar-refractivity contribution in [1.82, 2.24) is 30.2 Å². The van der Waals surface area contributed by atoms with Gasteiger partial charge in [0.05, 0.1) is 29.5 Å². The third-order valence-electron chi connectivity index (χ3n) is 6.26. The van der Waals surface area contributed by atoms with Gasteiger partial charge in [-0.1, -0.05) is 0 Å². The molecule has 8 heteroatoms. The zero-order valence-electron chi connectivity index (χ0n) is 19.0. The van der Waals surface area contributed by atoms with E-state index in [-0.39, 0.29) is 0 Å². The molecule has 0 bridgehead atoms. The van der Waals surface area contributed by atoms with Crippen molar-refractivity contribution in [1.29, 1.82) is 0 Å². The highest BCUT2D eigenvalue weighted by atomic mass is 15.2. The number of hydrogen-bond acceptors (Lipinski definition) is 7. The highest BCUT2D eigenvalue weighted by Crippen LogP contribution is 2.35. The lowest BCUT2D eigenvalue weighted by molar-refractivity contribution is 0.589. The molecule has 0 radical (unpaired) electrons. The second-order valence-corrected chi connectivity index (χ2v) is 8.22. The summed E-state index contributed by atoms with van der Waals surface area (Å²) in [5.41, 5.74) is 6.79. The maximum atomic E-state index is 8.59. The van der Waals surface area contributed by atoms with Crippen LogP contribution in [0.25, 0.3) is 22.3 Å². The summed E-state index contributed by atoms with van der Waals surface area (Å²) in [6.45, 7) is 4.06. The van der Waals surface area contributed by atoms with Gasteiger partial charge in [0.25, 0.3) is 0 Å². The fourth-order valence-corrected chi connectivity index (χ4v) is 4.58. The Balaban J connectivity index is 1.34. The maximum Gasteiger partial charge on any atom is 0.140 e. The molecule has 162 valence electrons. The Labute approximate surface area is 188 Å². The molecule has 1 atom stereocenters. The Morgan fingerprint density at radius 1 is 1.00 bits per heavy atom. The number of aryl methyl sites for hydroxylation is 1. The fourth-order valence-electron chi connectivity index (χ4n) is 4.58. The quantitative estimate of drug-likeness (QED) is 0.462. The van der Waals surface area contributed by atoms with E-state index in [9.17, 15) is 0 Å². The van der Waals surface area contributed by atoms with Gasteiger partial charge in [0.15, 0.2) is 0 Å². The molecule has 0 saturated carbocycles. The van der Waals surface area contributed by atoms with Gasteiger partial charge in [0.1, 0.15) is 11.5 Å². The Kier molecular flexibility index (Phi) is 4.47. The summed E-state index contributed by atoms with van der Waals surface area (Å²) in [4.78, 5) is 16.3. The predicted octanol–water partition coefficient (Wildman–Crippen LogP) is 2.79. The molecule has 0 amide bonds. The van der Waals surface area contributed by atoms with E-state index in [4.69, 9.17) is 6.35 Å². The summed E-state index contributed by atoms with van der Waals surface area (Å²) >= 11 is 0.